The highest BCUT2D eigenvalue weighted by Crippen LogP contribution is 2.28. The molecule has 0 spiro atoms. The highest BCUT2D eigenvalue weighted by Gasteiger charge is 2.12. The Balaban J connectivity index is 1.86. The number of halogens is 2. The van der Waals surface area contributed by atoms with E-state index in [9.17, 15) is 4.79 Å². The molecular weight excluding hydrogens is 360 g/mol. The van der Waals surface area contributed by atoms with E-state index in [2.05, 4.69) is 26.1 Å². The minimum atomic E-state index is -0.367. The Morgan fingerprint density at radius 2 is 2.24 bits per heavy atom. The summed E-state index contributed by atoms with van der Waals surface area (Å²) in [6.45, 7) is 2.04. The molecule has 0 saturated heterocycles. The van der Waals surface area contributed by atoms with Gasteiger partial charge in [0.15, 0.2) is 5.82 Å². The fourth-order valence-electron chi connectivity index (χ4n) is 1.66. The number of ether oxygens (including phenoxy) is 1. The van der Waals surface area contributed by atoms with Gasteiger partial charge in [-0.3, -0.25) is 4.79 Å². The number of hydrogen-bond acceptors (Lipinski definition) is 5. The average Bonchev–Trinajstić information content (AvgIpc) is 2.88. The van der Waals surface area contributed by atoms with Gasteiger partial charge in [0.05, 0.1) is 10.9 Å². The van der Waals surface area contributed by atoms with Crippen LogP contribution in [0.5, 0.6) is 5.75 Å². The summed E-state index contributed by atoms with van der Waals surface area (Å²) in [6, 6.07) is 4.96. The highest BCUT2D eigenvalue weighted by molar-refractivity contribution is 9.10. The standard InChI is InChI=1S/C14H14BrClN2O3/c1-2-3-12-17-13(21-18-12)6-7-14(19)20-11-5-4-9(16)8-10(11)15/h4-5,8H,2-3,6-7H2,1H3. The predicted octanol–water partition coefficient (Wildman–Crippen LogP) is 3.98. The van der Waals surface area contributed by atoms with Crippen LogP contribution in [0.4, 0.5) is 0 Å². The molecule has 2 rings (SSSR count). The van der Waals surface area contributed by atoms with Crippen LogP contribution in [-0.4, -0.2) is 16.1 Å². The van der Waals surface area contributed by atoms with Crippen LogP contribution in [0, 0.1) is 0 Å². The first kappa shape index (κ1) is 16.0. The van der Waals surface area contributed by atoms with Gasteiger partial charge in [-0.2, -0.15) is 4.98 Å². The van der Waals surface area contributed by atoms with Crippen molar-refractivity contribution in [1.82, 2.24) is 10.1 Å². The predicted molar refractivity (Wildman–Crippen MR) is 81.4 cm³/mol. The summed E-state index contributed by atoms with van der Waals surface area (Å²) in [4.78, 5) is 16.0. The summed E-state index contributed by atoms with van der Waals surface area (Å²) in [5.41, 5.74) is 0. The lowest BCUT2D eigenvalue weighted by Crippen LogP contribution is -2.09. The molecule has 0 N–H and O–H groups in total. The Morgan fingerprint density at radius 3 is 2.95 bits per heavy atom. The van der Waals surface area contributed by atoms with Crippen LogP contribution in [0.3, 0.4) is 0 Å². The van der Waals surface area contributed by atoms with Gasteiger partial charge in [-0.05, 0) is 40.5 Å². The maximum absolute atomic E-state index is 11.8. The van der Waals surface area contributed by atoms with Crippen molar-refractivity contribution in [3.05, 3.63) is 39.4 Å². The van der Waals surface area contributed by atoms with E-state index in [1.54, 1.807) is 18.2 Å². The van der Waals surface area contributed by atoms with Gasteiger partial charge in [0.25, 0.3) is 0 Å². The lowest BCUT2D eigenvalue weighted by molar-refractivity contribution is -0.134. The number of carbonyl (C=O) groups is 1. The van der Waals surface area contributed by atoms with Gasteiger partial charge in [0, 0.05) is 17.9 Å². The molecule has 0 fully saturated rings. The van der Waals surface area contributed by atoms with E-state index in [4.69, 9.17) is 20.9 Å². The number of aryl methyl sites for hydroxylation is 2. The lowest BCUT2D eigenvalue weighted by atomic mass is 10.3. The van der Waals surface area contributed by atoms with Crippen molar-refractivity contribution in [1.29, 1.82) is 0 Å². The number of esters is 1. The Bertz CT molecular complexity index is 630. The number of benzene rings is 1. The lowest BCUT2D eigenvalue weighted by Gasteiger charge is -2.05. The minimum absolute atomic E-state index is 0.169. The van der Waals surface area contributed by atoms with Crippen molar-refractivity contribution >= 4 is 33.5 Å². The van der Waals surface area contributed by atoms with Crippen molar-refractivity contribution in [3.8, 4) is 5.75 Å². The van der Waals surface area contributed by atoms with Gasteiger partial charge in [0.1, 0.15) is 5.75 Å². The fraction of sp³-hybridized carbons (Fsp3) is 0.357. The molecule has 0 radical (unpaired) electrons. The molecule has 1 aromatic heterocycles. The third kappa shape index (κ3) is 4.82. The Morgan fingerprint density at radius 1 is 1.43 bits per heavy atom. The summed E-state index contributed by atoms with van der Waals surface area (Å²) < 4.78 is 10.9. The van der Waals surface area contributed by atoms with Gasteiger partial charge in [-0.15, -0.1) is 0 Å². The molecule has 0 saturated carbocycles. The molecule has 2 aromatic rings. The summed E-state index contributed by atoms with van der Waals surface area (Å²) in [7, 11) is 0. The van der Waals surface area contributed by atoms with Crippen LogP contribution < -0.4 is 4.74 Å². The molecule has 0 aliphatic rings. The largest absolute Gasteiger partial charge is 0.425 e. The summed E-state index contributed by atoms with van der Waals surface area (Å²) in [5.74, 6) is 1.18. The highest BCUT2D eigenvalue weighted by atomic mass is 79.9. The molecule has 7 heteroatoms. The second-order valence-electron chi connectivity index (χ2n) is 4.40. The average molecular weight is 374 g/mol. The van der Waals surface area contributed by atoms with E-state index in [1.807, 2.05) is 6.92 Å². The number of rotatable bonds is 6. The molecule has 0 aliphatic heterocycles. The van der Waals surface area contributed by atoms with Gasteiger partial charge in [-0.25, -0.2) is 0 Å². The van der Waals surface area contributed by atoms with E-state index < -0.39 is 0 Å². The van der Waals surface area contributed by atoms with Crippen LogP contribution >= 0.6 is 27.5 Å². The van der Waals surface area contributed by atoms with Crippen molar-refractivity contribution < 1.29 is 14.1 Å². The van der Waals surface area contributed by atoms with Crippen molar-refractivity contribution in [2.75, 3.05) is 0 Å². The molecule has 0 unspecified atom stereocenters. The molecule has 0 aliphatic carbocycles. The SMILES string of the molecule is CCCc1noc(CCC(=O)Oc2ccc(Cl)cc2Br)n1. The zero-order valence-corrected chi connectivity index (χ0v) is 13.8. The van der Waals surface area contributed by atoms with Crippen molar-refractivity contribution in [3.63, 3.8) is 0 Å². The number of carbonyl (C=O) groups excluding carboxylic acids is 1. The molecule has 0 atom stereocenters. The molecular formula is C14H14BrClN2O3. The second kappa shape index (κ2) is 7.56. The molecule has 1 heterocycles. The Hall–Kier alpha value is -1.40. The summed E-state index contributed by atoms with van der Waals surface area (Å²) in [6.07, 6.45) is 2.25. The first-order valence-electron chi connectivity index (χ1n) is 6.55. The van der Waals surface area contributed by atoms with Crippen LogP contribution in [-0.2, 0) is 17.6 Å². The number of nitrogens with zero attached hydrogens (tertiary/aromatic N) is 2. The van der Waals surface area contributed by atoms with Crippen LogP contribution in [0.25, 0.3) is 0 Å². The third-order valence-electron chi connectivity index (χ3n) is 2.64. The topological polar surface area (TPSA) is 65.2 Å². The van der Waals surface area contributed by atoms with Gasteiger partial charge < -0.3 is 9.26 Å². The van der Waals surface area contributed by atoms with E-state index in [1.165, 1.54) is 0 Å². The number of aromatic nitrogens is 2. The first-order chi connectivity index (χ1) is 10.1. The van der Waals surface area contributed by atoms with E-state index in [0.717, 1.165) is 12.8 Å². The second-order valence-corrected chi connectivity index (χ2v) is 5.69. The van der Waals surface area contributed by atoms with E-state index in [0.29, 0.717) is 33.4 Å². The zero-order valence-electron chi connectivity index (χ0n) is 11.4. The van der Waals surface area contributed by atoms with Gasteiger partial charge in [0.2, 0.25) is 5.89 Å². The quantitative estimate of drug-likeness (QED) is 0.566. The fourth-order valence-corrected chi connectivity index (χ4v) is 2.42. The van der Waals surface area contributed by atoms with Crippen molar-refractivity contribution in [2.45, 2.75) is 32.6 Å². The minimum Gasteiger partial charge on any atom is -0.425 e. The zero-order chi connectivity index (χ0) is 15.2. The third-order valence-corrected chi connectivity index (χ3v) is 3.50. The van der Waals surface area contributed by atoms with Crippen molar-refractivity contribution in [2.24, 2.45) is 0 Å². The smallest absolute Gasteiger partial charge is 0.311 e. The summed E-state index contributed by atoms with van der Waals surface area (Å²) in [5, 5.41) is 4.40. The van der Waals surface area contributed by atoms with Crippen LogP contribution in [0.15, 0.2) is 27.2 Å². The molecule has 0 bridgehead atoms. The first-order valence-corrected chi connectivity index (χ1v) is 7.72. The molecule has 1 aromatic carbocycles. The normalized spacial score (nSPS) is 10.6. The molecule has 5 nitrogen and oxygen atoms in total. The molecule has 0 amide bonds. The van der Waals surface area contributed by atoms with Gasteiger partial charge >= 0.3 is 5.97 Å². The monoisotopic (exact) mass is 372 g/mol. The molecule has 112 valence electrons. The number of hydrogen-bond donors (Lipinski definition) is 0. The van der Waals surface area contributed by atoms with E-state index in [-0.39, 0.29) is 12.4 Å². The maximum Gasteiger partial charge on any atom is 0.311 e. The van der Waals surface area contributed by atoms with Crippen LogP contribution in [0.2, 0.25) is 5.02 Å². The Kier molecular flexibility index (Phi) is 5.76. The maximum atomic E-state index is 11.8. The Labute approximate surface area is 135 Å². The van der Waals surface area contributed by atoms with E-state index >= 15 is 0 Å². The van der Waals surface area contributed by atoms with Gasteiger partial charge in [-0.1, -0.05) is 23.7 Å². The summed E-state index contributed by atoms with van der Waals surface area (Å²) >= 11 is 9.11. The molecule has 21 heavy (non-hydrogen) atoms. The van der Waals surface area contributed by atoms with Crippen LogP contribution in [0.1, 0.15) is 31.5 Å².